The van der Waals surface area contributed by atoms with Gasteiger partial charge in [0.15, 0.2) is 6.10 Å². The van der Waals surface area contributed by atoms with Gasteiger partial charge in [0.25, 0.3) is 5.91 Å². The maximum atomic E-state index is 11.4. The highest BCUT2D eigenvalue weighted by molar-refractivity contribution is 6.33. The van der Waals surface area contributed by atoms with Gasteiger partial charge in [-0.05, 0) is 25.0 Å². The molecule has 0 bridgehead atoms. The van der Waals surface area contributed by atoms with E-state index in [-0.39, 0.29) is 0 Å². The number of hydrogen-bond donors (Lipinski definition) is 2. The number of carbonyl (C=O) groups excluding carboxylic acids is 1. The molecule has 0 saturated carbocycles. The quantitative estimate of drug-likeness (QED) is 0.896. The van der Waals surface area contributed by atoms with Crippen LogP contribution in [0.5, 0.6) is 0 Å². The number of nitrogens with zero attached hydrogens (tertiary/aromatic N) is 1. The van der Waals surface area contributed by atoms with E-state index in [0.717, 1.165) is 5.69 Å². The van der Waals surface area contributed by atoms with Crippen LogP contribution in [-0.4, -0.2) is 24.1 Å². The number of hydrogen-bond acceptors (Lipinski definition) is 3. The molecule has 1 heterocycles. The molecule has 0 aromatic heterocycles. The zero-order valence-electron chi connectivity index (χ0n) is 11.6. The summed E-state index contributed by atoms with van der Waals surface area (Å²) in [5.74, 6) is 0.0808. The topological polar surface area (TPSA) is 52.6 Å². The van der Waals surface area contributed by atoms with Gasteiger partial charge in [0.05, 0.1) is 10.7 Å². The Hall–Kier alpha value is -1.26. The Morgan fingerprint density at radius 3 is 2.58 bits per heavy atom. The molecule has 1 aromatic carbocycles. The Balaban J connectivity index is 2.40. The summed E-state index contributed by atoms with van der Waals surface area (Å²) in [7, 11) is 1.98. The SMILES string of the molecule is CC(C)C(C)N(C)c1cc2c(cc1Cl)C(O)C(=O)N2. The highest BCUT2D eigenvalue weighted by atomic mass is 35.5. The van der Waals surface area contributed by atoms with Crippen molar-refractivity contribution in [1.29, 1.82) is 0 Å². The average Bonchev–Trinajstić information content (AvgIpc) is 2.62. The fourth-order valence-electron chi connectivity index (χ4n) is 2.19. The molecule has 0 fully saturated rings. The van der Waals surface area contributed by atoms with Crippen molar-refractivity contribution >= 4 is 28.9 Å². The molecule has 1 aliphatic rings. The molecule has 2 atom stereocenters. The average molecular weight is 283 g/mol. The third kappa shape index (κ3) is 2.42. The second-order valence-electron chi connectivity index (χ2n) is 5.38. The first-order valence-electron chi connectivity index (χ1n) is 6.38. The number of carbonyl (C=O) groups is 1. The van der Waals surface area contributed by atoms with Gasteiger partial charge >= 0.3 is 0 Å². The van der Waals surface area contributed by atoms with Gasteiger partial charge in [-0.25, -0.2) is 0 Å². The van der Waals surface area contributed by atoms with Gasteiger partial charge in [0.1, 0.15) is 0 Å². The summed E-state index contributed by atoms with van der Waals surface area (Å²) in [5, 5.41) is 12.9. The molecule has 0 saturated heterocycles. The minimum absolute atomic E-state index is 0.317. The van der Waals surface area contributed by atoms with Crippen molar-refractivity contribution in [3.05, 3.63) is 22.7 Å². The van der Waals surface area contributed by atoms with Crippen LogP contribution >= 0.6 is 11.6 Å². The summed E-state index contributed by atoms with van der Waals surface area (Å²) in [6, 6.07) is 3.81. The zero-order valence-corrected chi connectivity index (χ0v) is 12.3. The van der Waals surface area contributed by atoms with Crippen LogP contribution in [0.2, 0.25) is 5.02 Å². The van der Waals surface area contributed by atoms with Gasteiger partial charge in [-0.15, -0.1) is 0 Å². The molecule has 2 N–H and O–H groups in total. The first-order chi connectivity index (χ1) is 8.82. The lowest BCUT2D eigenvalue weighted by molar-refractivity contribution is -0.123. The third-order valence-electron chi connectivity index (χ3n) is 3.88. The van der Waals surface area contributed by atoms with Crippen LogP contribution in [0.15, 0.2) is 12.1 Å². The number of fused-ring (bicyclic) bond motifs is 1. The highest BCUT2D eigenvalue weighted by Gasteiger charge is 2.30. The molecule has 1 aromatic rings. The molecule has 0 radical (unpaired) electrons. The normalized spacial score (nSPS) is 19.3. The van der Waals surface area contributed by atoms with Crippen LogP contribution in [0.1, 0.15) is 32.4 Å². The van der Waals surface area contributed by atoms with Gasteiger partial charge in [0, 0.05) is 24.3 Å². The Morgan fingerprint density at radius 2 is 2.00 bits per heavy atom. The van der Waals surface area contributed by atoms with E-state index in [1.807, 2.05) is 13.1 Å². The lowest BCUT2D eigenvalue weighted by Gasteiger charge is -2.31. The van der Waals surface area contributed by atoms with E-state index in [2.05, 4.69) is 31.0 Å². The summed E-state index contributed by atoms with van der Waals surface area (Å²) in [6.07, 6.45) is -1.12. The van der Waals surface area contributed by atoms with Gasteiger partial charge in [-0.1, -0.05) is 25.4 Å². The highest BCUT2D eigenvalue weighted by Crippen LogP contribution is 2.39. The Labute approximate surface area is 118 Å². The lowest BCUT2D eigenvalue weighted by Crippen LogP contribution is -2.33. The first-order valence-corrected chi connectivity index (χ1v) is 6.76. The predicted octanol–water partition coefficient (Wildman–Crippen LogP) is 2.81. The van der Waals surface area contributed by atoms with Crippen molar-refractivity contribution in [2.75, 3.05) is 17.3 Å². The molecule has 2 unspecified atom stereocenters. The monoisotopic (exact) mass is 282 g/mol. The van der Waals surface area contributed by atoms with Crippen molar-refractivity contribution in [3.63, 3.8) is 0 Å². The minimum Gasteiger partial charge on any atom is -0.378 e. The van der Waals surface area contributed by atoms with Crippen molar-refractivity contribution in [3.8, 4) is 0 Å². The van der Waals surface area contributed by atoms with Crippen molar-refractivity contribution < 1.29 is 9.90 Å². The van der Waals surface area contributed by atoms with Gasteiger partial charge < -0.3 is 15.3 Å². The number of rotatable bonds is 3. The fraction of sp³-hybridized carbons (Fsp3) is 0.500. The lowest BCUT2D eigenvalue weighted by atomic mass is 10.0. The van der Waals surface area contributed by atoms with E-state index in [1.165, 1.54) is 0 Å². The molecule has 2 rings (SSSR count). The minimum atomic E-state index is -1.12. The van der Waals surface area contributed by atoms with Gasteiger partial charge in [-0.3, -0.25) is 4.79 Å². The second kappa shape index (κ2) is 5.02. The summed E-state index contributed by atoms with van der Waals surface area (Å²) >= 11 is 6.27. The standard InChI is InChI=1S/C14H19ClN2O2/c1-7(2)8(3)17(4)12-6-11-9(5-10(12)15)13(18)14(19)16-11/h5-8,13,18H,1-4H3,(H,16,19). The number of aliphatic hydroxyl groups is 1. The molecular formula is C14H19ClN2O2. The number of nitrogens with one attached hydrogen (secondary N) is 1. The van der Waals surface area contributed by atoms with E-state index in [4.69, 9.17) is 11.6 Å². The smallest absolute Gasteiger partial charge is 0.257 e. The van der Waals surface area contributed by atoms with Crippen LogP contribution in [0.25, 0.3) is 0 Å². The summed E-state index contributed by atoms with van der Waals surface area (Å²) in [4.78, 5) is 13.5. The number of benzene rings is 1. The van der Waals surface area contributed by atoms with Crippen LogP contribution in [-0.2, 0) is 4.79 Å². The molecule has 1 aliphatic heterocycles. The van der Waals surface area contributed by atoms with Gasteiger partial charge in [-0.2, -0.15) is 0 Å². The maximum Gasteiger partial charge on any atom is 0.257 e. The molecular weight excluding hydrogens is 264 g/mol. The molecule has 5 heteroatoms. The number of amides is 1. The summed E-state index contributed by atoms with van der Waals surface area (Å²) < 4.78 is 0. The van der Waals surface area contributed by atoms with Crippen molar-refractivity contribution in [2.24, 2.45) is 5.92 Å². The molecule has 19 heavy (non-hydrogen) atoms. The summed E-state index contributed by atoms with van der Waals surface area (Å²) in [5.41, 5.74) is 2.04. The van der Waals surface area contributed by atoms with Crippen LogP contribution in [0, 0.1) is 5.92 Å². The van der Waals surface area contributed by atoms with Crippen LogP contribution in [0.3, 0.4) is 0 Å². The summed E-state index contributed by atoms with van der Waals surface area (Å²) in [6.45, 7) is 6.42. The second-order valence-corrected chi connectivity index (χ2v) is 5.79. The van der Waals surface area contributed by atoms with E-state index in [0.29, 0.717) is 28.2 Å². The Kier molecular flexibility index (Phi) is 3.74. The third-order valence-corrected chi connectivity index (χ3v) is 4.18. The number of halogens is 1. The molecule has 0 aliphatic carbocycles. The molecule has 0 spiro atoms. The number of anilines is 2. The zero-order chi connectivity index (χ0) is 14.3. The Bertz CT molecular complexity index is 516. The fourth-order valence-corrected chi connectivity index (χ4v) is 2.50. The van der Waals surface area contributed by atoms with Crippen molar-refractivity contribution in [1.82, 2.24) is 0 Å². The predicted molar refractivity (Wildman–Crippen MR) is 77.7 cm³/mol. The van der Waals surface area contributed by atoms with Crippen LogP contribution < -0.4 is 10.2 Å². The number of aliphatic hydroxyl groups excluding tert-OH is 1. The van der Waals surface area contributed by atoms with E-state index < -0.39 is 12.0 Å². The molecule has 1 amide bonds. The Morgan fingerprint density at radius 1 is 1.37 bits per heavy atom. The first kappa shape index (κ1) is 14.2. The van der Waals surface area contributed by atoms with Gasteiger partial charge in [0.2, 0.25) is 0 Å². The largest absolute Gasteiger partial charge is 0.378 e. The molecule has 4 nitrogen and oxygen atoms in total. The van der Waals surface area contributed by atoms with E-state index in [9.17, 15) is 9.90 Å². The van der Waals surface area contributed by atoms with E-state index in [1.54, 1.807) is 6.07 Å². The van der Waals surface area contributed by atoms with Crippen molar-refractivity contribution in [2.45, 2.75) is 32.9 Å². The van der Waals surface area contributed by atoms with Crippen LogP contribution in [0.4, 0.5) is 11.4 Å². The maximum absolute atomic E-state index is 11.4. The molecule has 104 valence electrons. The van der Waals surface area contributed by atoms with E-state index >= 15 is 0 Å².